The quantitative estimate of drug-likeness (QED) is 0.678. The molecule has 15 heavy (non-hydrogen) atoms. The smallest absolute Gasteiger partial charge is 0.233 e. The Bertz CT molecular complexity index is 188. The van der Waals surface area contributed by atoms with Crippen LogP contribution in [0.1, 0.15) is 19.8 Å². The summed E-state index contributed by atoms with van der Waals surface area (Å²) in [6.07, 6.45) is 2.52. The summed E-state index contributed by atoms with van der Waals surface area (Å²) < 4.78 is 0. The fourth-order valence-electron chi connectivity index (χ4n) is 1.99. The normalized spacial score (nSPS) is 19.1. The van der Waals surface area contributed by atoms with Crippen molar-refractivity contribution in [3.05, 3.63) is 0 Å². The van der Waals surface area contributed by atoms with Crippen LogP contribution in [0.25, 0.3) is 0 Å². The number of piperidine rings is 1. The predicted molar refractivity (Wildman–Crippen MR) is 61.8 cm³/mol. The SMILES string of the molecule is CCN1CCC(CNCC(=O)NC)CC1. The number of hydrogen-bond donors (Lipinski definition) is 2. The van der Waals surface area contributed by atoms with Gasteiger partial charge in [0.2, 0.25) is 5.91 Å². The number of carbonyl (C=O) groups excluding carboxylic acids is 1. The summed E-state index contributed by atoms with van der Waals surface area (Å²) in [5.74, 6) is 0.818. The Kier molecular flexibility index (Phi) is 5.65. The van der Waals surface area contributed by atoms with Gasteiger partial charge in [0, 0.05) is 7.05 Å². The molecule has 0 aromatic carbocycles. The van der Waals surface area contributed by atoms with Crippen molar-refractivity contribution in [1.82, 2.24) is 15.5 Å². The highest BCUT2D eigenvalue weighted by Gasteiger charge is 2.17. The molecule has 1 heterocycles. The van der Waals surface area contributed by atoms with Gasteiger partial charge in [-0.3, -0.25) is 4.79 Å². The third kappa shape index (κ3) is 4.62. The van der Waals surface area contributed by atoms with E-state index in [1.54, 1.807) is 7.05 Å². The Hall–Kier alpha value is -0.610. The molecule has 0 atom stereocenters. The van der Waals surface area contributed by atoms with Gasteiger partial charge in [-0.05, 0) is 44.9 Å². The molecule has 0 spiro atoms. The molecule has 1 fully saturated rings. The van der Waals surface area contributed by atoms with Crippen LogP contribution in [0, 0.1) is 5.92 Å². The zero-order valence-corrected chi connectivity index (χ0v) is 9.88. The summed E-state index contributed by atoms with van der Waals surface area (Å²) >= 11 is 0. The van der Waals surface area contributed by atoms with Crippen LogP contribution < -0.4 is 10.6 Å². The van der Waals surface area contributed by atoms with Gasteiger partial charge in [0.05, 0.1) is 6.54 Å². The summed E-state index contributed by atoms with van der Waals surface area (Å²) in [5.41, 5.74) is 0. The van der Waals surface area contributed by atoms with Crippen molar-refractivity contribution >= 4 is 5.91 Å². The van der Waals surface area contributed by atoms with Crippen molar-refractivity contribution in [1.29, 1.82) is 0 Å². The Morgan fingerprint density at radius 1 is 1.40 bits per heavy atom. The number of carbonyl (C=O) groups is 1. The van der Waals surface area contributed by atoms with Crippen molar-refractivity contribution in [2.45, 2.75) is 19.8 Å². The predicted octanol–water partition coefficient (Wildman–Crippen LogP) is 0.0539. The van der Waals surface area contributed by atoms with Gasteiger partial charge in [-0.1, -0.05) is 6.92 Å². The topological polar surface area (TPSA) is 44.4 Å². The summed E-state index contributed by atoms with van der Waals surface area (Å²) in [7, 11) is 1.67. The van der Waals surface area contributed by atoms with E-state index in [4.69, 9.17) is 0 Å². The molecule has 1 amide bonds. The third-order valence-electron chi connectivity index (χ3n) is 3.15. The lowest BCUT2D eigenvalue weighted by atomic mass is 9.97. The first-order chi connectivity index (χ1) is 7.26. The minimum Gasteiger partial charge on any atom is -0.358 e. The van der Waals surface area contributed by atoms with Crippen LogP contribution >= 0.6 is 0 Å². The van der Waals surface area contributed by atoms with Crippen LogP contribution in [-0.4, -0.2) is 50.6 Å². The summed E-state index contributed by atoms with van der Waals surface area (Å²) in [4.78, 5) is 13.5. The van der Waals surface area contributed by atoms with Crippen molar-refractivity contribution in [2.24, 2.45) is 5.92 Å². The van der Waals surface area contributed by atoms with Crippen LogP contribution in [0.4, 0.5) is 0 Å². The highest BCUT2D eigenvalue weighted by atomic mass is 16.1. The molecule has 0 aromatic rings. The van der Waals surface area contributed by atoms with Gasteiger partial charge in [-0.2, -0.15) is 0 Å². The second-order valence-corrected chi connectivity index (χ2v) is 4.18. The van der Waals surface area contributed by atoms with E-state index in [0.29, 0.717) is 6.54 Å². The Balaban J connectivity index is 2.06. The summed E-state index contributed by atoms with van der Waals surface area (Å²) in [6.45, 7) is 7.23. The number of rotatable bonds is 5. The van der Waals surface area contributed by atoms with E-state index in [9.17, 15) is 4.79 Å². The van der Waals surface area contributed by atoms with Gasteiger partial charge in [-0.15, -0.1) is 0 Å². The fraction of sp³-hybridized carbons (Fsp3) is 0.909. The maximum absolute atomic E-state index is 11.0. The lowest BCUT2D eigenvalue weighted by Gasteiger charge is -2.31. The van der Waals surface area contributed by atoms with Gasteiger partial charge in [0.1, 0.15) is 0 Å². The molecule has 1 aliphatic heterocycles. The van der Waals surface area contributed by atoms with Gasteiger partial charge in [0.15, 0.2) is 0 Å². The van der Waals surface area contributed by atoms with Crippen molar-refractivity contribution in [3.63, 3.8) is 0 Å². The maximum Gasteiger partial charge on any atom is 0.233 e. The number of nitrogens with zero attached hydrogens (tertiary/aromatic N) is 1. The van der Waals surface area contributed by atoms with E-state index < -0.39 is 0 Å². The first-order valence-electron chi connectivity index (χ1n) is 5.90. The standard InChI is InChI=1S/C11H23N3O/c1-3-14-6-4-10(5-7-14)8-13-9-11(15)12-2/h10,13H,3-9H2,1-2H3,(H,12,15). The molecule has 4 nitrogen and oxygen atoms in total. The minimum absolute atomic E-state index is 0.0704. The van der Waals surface area contributed by atoms with E-state index >= 15 is 0 Å². The Morgan fingerprint density at radius 2 is 2.07 bits per heavy atom. The highest BCUT2D eigenvalue weighted by molar-refractivity contribution is 5.77. The average Bonchev–Trinajstić information content (AvgIpc) is 2.29. The van der Waals surface area contributed by atoms with Gasteiger partial charge < -0.3 is 15.5 Å². The molecule has 0 saturated carbocycles. The number of nitrogens with one attached hydrogen (secondary N) is 2. The monoisotopic (exact) mass is 213 g/mol. The molecule has 0 unspecified atom stereocenters. The van der Waals surface area contributed by atoms with Crippen LogP contribution in [0.3, 0.4) is 0 Å². The van der Waals surface area contributed by atoms with Crippen LogP contribution in [-0.2, 0) is 4.79 Å². The zero-order valence-electron chi connectivity index (χ0n) is 9.88. The summed E-state index contributed by atoms with van der Waals surface area (Å²) in [5, 5.41) is 5.82. The molecule has 4 heteroatoms. The molecule has 0 bridgehead atoms. The van der Waals surface area contributed by atoms with Crippen LogP contribution in [0.5, 0.6) is 0 Å². The van der Waals surface area contributed by atoms with E-state index in [-0.39, 0.29) is 5.91 Å². The molecule has 1 aliphatic rings. The van der Waals surface area contributed by atoms with E-state index in [0.717, 1.165) is 12.5 Å². The maximum atomic E-state index is 11.0. The van der Waals surface area contributed by atoms with Crippen molar-refractivity contribution in [3.8, 4) is 0 Å². The molecular formula is C11H23N3O. The third-order valence-corrected chi connectivity index (χ3v) is 3.15. The van der Waals surface area contributed by atoms with E-state index in [1.165, 1.54) is 32.5 Å². The number of hydrogen-bond acceptors (Lipinski definition) is 3. The Morgan fingerprint density at radius 3 is 2.60 bits per heavy atom. The van der Waals surface area contributed by atoms with Gasteiger partial charge in [0.25, 0.3) is 0 Å². The average molecular weight is 213 g/mol. The van der Waals surface area contributed by atoms with E-state index in [1.807, 2.05) is 0 Å². The largest absolute Gasteiger partial charge is 0.358 e. The lowest BCUT2D eigenvalue weighted by Crippen LogP contribution is -2.39. The van der Waals surface area contributed by atoms with E-state index in [2.05, 4.69) is 22.5 Å². The molecule has 0 aliphatic carbocycles. The molecular weight excluding hydrogens is 190 g/mol. The van der Waals surface area contributed by atoms with Crippen molar-refractivity contribution < 1.29 is 4.79 Å². The molecule has 1 rings (SSSR count). The fourth-order valence-corrected chi connectivity index (χ4v) is 1.99. The van der Waals surface area contributed by atoms with Crippen LogP contribution in [0.2, 0.25) is 0 Å². The minimum atomic E-state index is 0.0704. The molecule has 88 valence electrons. The first-order valence-corrected chi connectivity index (χ1v) is 5.90. The second kappa shape index (κ2) is 6.80. The molecule has 1 saturated heterocycles. The second-order valence-electron chi connectivity index (χ2n) is 4.18. The summed E-state index contributed by atoms with van der Waals surface area (Å²) in [6, 6.07) is 0. The van der Waals surface area contributed by atoms with Gasteiger partial charge >= 0.3 is 0 Å². The molecule has 2 N–H and O–H groups in total. The zero-order chi connectivity index (χ0) is 11.1. The van der Waals surface area contributed by atoms with Crippen molar-refractivity contribution in [2.75, 3.05) is 39.8 Å². The van der Waals surface area contributed by atoms with Crippen LogP contribution in [0.15, 0.2) is 0 Å². The first kappa shape index (κ1) is 12.5. The number of likely N-dealkylation sites (N-methyl/N-ethyl adjacent to an activating group) is 1. The van der Waals surface area contributed by atoms with Gasteiger partial charge in [-0.25, -0.2) is 0 Å². The number of likely N-dealkylation sites (tertiary alicyclic amines) is 1. The number of amides is 1. The lowest BCUT2D eigenvalue weighted by molar-refractivity contribution is -0.119. The Labute approximate surface area is 92.4 Å². The molecule has 0 aromatic heterocycles. The molecule has 0 radical (unpaired) electrons. The highest BCUT2D eigenvalue weighted by Crippen LogP contribution is 2.15.